The van der Waals surface area contributed by atoms with Gasteiger partial charge < -0.3 is 10.1 Å². The summed E-state index contributed by atoms with van der Waals surface area (Å²) >= 11 is 6.15. The predicted octanol–water partition coefficient (Wildman–Crippen LogP) is 4.88. The lowest BCUT2D eigenvalue weighted by molar-refractivity contribution is 0.0697. The quantitative estimate of drug-likeness (QED) is 0.704. The van der Waals surface area contributed by atoms with Crippen molar-refractivity contribution in [2.45, 2.75) is 26.2 Å². The Labute approximate surface area is 139 Å². The van der Waals surface area contributed by atoms with E-state index in [1.54, 1.807) is 6.07 Å². The Hall–Kier alpha value is -2.33. The molecule has 118 valence electrons. The first-order valence-electron chi connectivity index (χ1n) is 7.29. The maximum absolute atomic E-state index is 11.1. The molecule has 0 saturated carbocycles. The second-order valence-electron chi connectivity index (χ2n) is 6.57. The summed E-state index contributed by atoms with van der Waals surface area (Å²) < 4.78 is 0. The molecular formula is C18H17ClN2O2. The second-order valence-corrected chi connectivity index (χ2v) is 6.98. The van der Waals surface area contributed by atoms with Crippen LogP contribution >= 0.6 is 11.6 Å². The van der Waals surface area contributed by atoms with Crippen LogP contribution in [-0.2, 0) is 5.41 Å². The van der Waals surface area contributed by atoms with E-state index < -0.39 is 5.97 Å². The number of hydrogen-bond acceptors (Lipinski definition) is 2. The van der Waals surface area contributed by atoms with Gasteiger partial charge in [0.15, 0.2) is 0 Å². The zero-order valence-corrected chi connectivity index (χ0v) is 13.9. The maximum atomic E-state index is 11.1. The van der Waals surface area contributed by atoms with E-state index in [1.165, 1.54) is 11.6 Å². The van der Waals surface area contributed by atoms with Crippen molar-refractivity contribution in [2.75, 3.05) is 0 Å². The second kappa shape index (κ2) is 5.39. The van der Waals surface area contributed by atoms with E-state index in [4.69, 9.17) is 16.7 Å². The van der Waals surface area contributed by atoms with E-state index in [2.05, 4.69) is 42.9 Å². The molecule has 3 rings (SSSR count). The number of carbonyl (C=O) groups is 1. The average Bonchev–Trinajstić information content (AvgIpc) is 2.91. The molecule has 0 aliphatic carbocycles. The smallest absolute Gasteiger partial charge is 0.335 e. The van der Waals surface area contributed by atoms with E-state index in [-0.39, 0.29) is 11.0 Å². The molecule has 0 aliphatic rings. The number of nitrogens with zero attached hydrogens (tertiary/aromatic N) is 1. The highest BCUT2D eigenvalue weighted by atomic mass is 35.5. The lowest BCUT2D eigenvalue weighted by atomic mass is 9.87. The van der Waals surface area contributed by atoms with Gasteiger partial charge in [0.05, 0.1) is 16.1 Å². The summed E-state index contributed by atoms with van der Waals surface area (Å²) in [5.74, 6) is -0.343. The minimum absolute atomic E-state index is 0.0894. The summed E-state index contributed by atoms with van der Waals surface area (Å²) in [6.45, 7) is 6.49. The highest BCUT2D eigenvalue weighted by Gasteiger charge is 2.15. The van der Waals surface area contributed by atoms with Crippen LogP contribution in [0.2, 0.25) is 5.02 Å². The van der Waals surface area contributed by atoms with E-state index >= 15 is 0 Å². The lowest BCUT2D eigenvalue weighted by Gasteiger charge is -2.18. The average molecular weight is 329 g/mol. The van der Waals surface area contributed by atoms with Crippen molar-refractivity contribution in [1.29, 1.82) is 0 Å². The third-order valence-electron chi connectivity index (χ3n) is 3.81. The minimum atomic E-state index is -1.01. The number of aromatic amines is 1. The summed E-state index contributed by atoms with van der Waals surface area (Å²) in [7, 11) is 0. The Balaban J connectivity index is 2.07. The number of H-pyrrole nitrogens is 1. The highest BCUT2D eigenvalue weighted by molar-refractivity contribution is 6.35. The Morgan fingerprint density at radius 1 is 1.17 bits per heavy atom. The number of carboxylic acids is 1. The van der Waals surface area contributed by atoms with Crippen molar-refractivity contribution in [3.05, 3.63) is 52.5 Å². The Morgan fingerprint density at radius 2 is 1.83 bits per heavy atom. The topological polar surface area (TPSA) is 66.0 Å². The van der Waals surface area contributed by atoms with Crippen molar-refractivity contribution < 1.29 is 9.90 Å². The van der Waals surface area contributed by atoms with E-state index in [1.807, 2.05) is 12.1 Å². The summed E-state index contributed by atoms with van der Waals surface area (Å²) in [6.07, 6.45) is 0. The standard InChI is InChI=1S/C18H17ClN2O2/c1-18(2,3)12-6-4-10(5-7-12)16-20-14-9-11(17(22)23)8-13(19)15(14)21-16/h4-9H,1-3H3,(H,20,21)(H,22,23). The molecule has 0 radical (unpaired) electrons. The number of rotatable bonds is 2. The molecule has 2 N–H and O–H groups in total. The van der Waals surface area contributed by atoms with Crippen molar-refractivity contribution in [1.82, 2.24) is 9.97 Å². The van der Waals surface area contributed by atoms with Gasteiger partial charge in [-0.15, -0.1) is 0 Å². The van der Waals surface area contributed by atoms with Gasteiger partial charge >= 0.3 is 5.97 Å². The Kier molecular flexibility index (Phi) is 3.65. The molecule has 1 aromatic heterocycles. The molecule has 3 aromatic rings. The van der Waals surface area contributed by atoms with Crippen LogP contribution in [0.1, 0.15) is 36.7 Å². The summed E-state index contributed by atoms with van der Waals surface area (Å²) in [5.41, 5.74) is 3.59. The van der Waals surface area contributed by atoms with Crippen LogP contribution in [0.15, 0.2) is 36.4 Å². The van der Waals surface area contributed by atoms with Crippen LogP contribution in [0.3, 0.4) is 0 Å². The fourth-order valence-corrected chi connectivity index (χ4v) is 2.73. The molecule has 23 heavy (non-hydrogen) atoms. The van der Waals surface area contributed by atoms with Crippen molar-refractivity contribution in [3.63, 3.8) is 0 Å². The fourth-order valence-electron chi connectivity index (χ4n) is 2.46. The number of nitrogens with one attached hydrogen (secondary N) is 1. The number of benzene rings is 2. The number of fused-ring (bicyclic) bond motifs is 1. The molecule has 0 atom stereocenters. The van der Waals surface area contributed by atoms with Crippen LogP contribution in [0, 0.1) is 0 Å². The third-order valence-corrected chi connectivity index (χ3v) is 4.10. The summed E-state index contributed by atoms with van der Waals surface area (Å²) in [6, 6.07) is 11.1. The van der Waals surface area contributed by atoms with Crippen molar-refractivity contribution in [3.8, 4) is 11.4 Å². The van der Waals surface area contributed by atoms with Gasteiger partial charge in [0.25, 0.3) is 0 Å². The van der Waals surface area contributed by atoms with Gasteiger partial charge in [0.2, 0.25) is 0 Å². The minimum Gasteiger partial charge on any atom is -0.478 e. The van der Waals surface area contributed by atoms with Gasteiger partial charge in [-0.25, -0.2) is 9.78 Å². The highest BCUT2D eigenvalue weighted by Crippen LogP contribution is 2.29. The summed E-state index contributed by atoms with van der Waals surface area (Å²) in [4.78, 5) is 18.8. The normalized spacial score (nSPS) is 11.8. The van der Waals surface area contributed by atoms with Crippen LogP contribution in [0.5, 0.6) is 0 Å². The first-order chi connectivity index (χ1) is 10.8. The SMILES string of the molecule is CC(C)(C)c1ccc(-c2nc3c(Cl)cc(C(=O)O)cc3[nH]2)cc1. The van der Waals surface area contributed by atoms with Gasteiger partial charge in [0, 0.05) is 5.56 Å². The predicted molar refractivity (Wildman–Crippen MR) is 92.2 cm³/mol. The fraction of sp³-hybridized carbons (Fsp3) is 0.222. The molecular weight excluding hydrogens is 312 g/mol. The van der Waals surface area contributed by atoms with E-state index in [9.17, 15) is 4.79 Å². The molecule has 0 fully saturated rings. The van der Waals surface area contributed by atoms with Gasteiger partial charge in [-0.3, -0.25) is 0 Å². The number of halogens is 1. The number of imidazole rings is 1. The summed E-state index contributed by atoms with van der Waals surface area (Å²) in [5, 5.41) is 9.43. The molecule has 0 amide bonds. The van der Waals surface area contributed by atoms with Gasteiger partial charge in [-0.1, -0.05) is 56.6 Å². The number of aromatic carboxylic acids is 1. The number of aromatic nitrogens is 2. The third kappa shape index (κ3) is 2.94. The molecule has 0 saturated heterocycles. The monoisotopic (exact) mass is 328 g/mol. The van der Waals surface area contributed by atoms with Crippen LogP contribution < -0.4 is 0 Å². The molecule has 0 aliphatic heterocycles. The molecule has 0 bridgehead atoms. The first-order valence-corrected chi connectivity index (χ1v) is 7.67. The van der Waals surface area contributed by atoms with E-state index in [0.717, 1.165) is 5.56 Å². The Bertz CT molecular complexity index is 890. The Morgan fingerprint density at radius 3 is 2.39 bits per heavy atom. The molecule has 0 spiro atoms. The van der Waals surface area contributed by atoms with E-state index in [0.29, 0.717) is 21.9 Å². The van der Waals surface area contributed by atoms with Crippen LogP contribution in [-0.4, -0.2) is 21.0 Å². The zero-order chi connectivity index (χ0) is 16.8. The number of carboxylic acid groups (broad SMARTS) is 1. The maximum Gasteiger partial charge on any atom is 0.335 e. The molecule has 4 nitrogen and oxygen atoms in total. The largest absolute Gasteiger partial charge is 0.478 e. The lowest BCUT2D eigenvalue weighted by Crippen LogP contribution is -2.10. The van der Waals surface area contributed by atoms with Crippen molar-refractivity contribution >= 4 is 28.6 Å². The molecule has 1 heterocycles. The molecule has 0 unspecified atom stereocenters. The first kappa shape index (κ1) is 15.6. The van der Waals surface area contributed by atoms with Gasteiger partial charge in [-0.05, 0) is 23.1 Å². The van der Waals surface area contributed by atoms with Crippen LogP contribution in [0.4, 0.5) is 0 Å². The number of hydrogen-bond donors (Lipinski definition) is 2. The molecule has 2 aromatic carbocycles. The van der Waals surface area contributed by atoms with Crippen LogP contribution in [0.25, 0.3) is 22.4 Å². The zero-order valence-electron chi connectivity index (χ0n) is 13.1. The van der Waals surface area contributed by atoms with Gasteiger partial charge in [-0.2, -0.15) is 0 Å². The molecule has 5 heteroatoms. The van der Waals surface area contributed by atoms with Gasteiger partial charge in [0.1, 0.15) is 11.3 Å². The van der Waals surface area contributed by atoms with Crippen molar-refractivity contribution in [2.24, 2.45) is 0 Å².